The lowest BCUT2D eigenvalue weighted by atomic mass is 9.90. The van der Waals surface area contributed by atoms with Crippen molar-refractivity contribution >= 4 is 12.7 Å². The third kappa shape index (κ3) is 1.60. The lowest BCUT2D eigenvalue weighted by Crippen LogP contribution is -2.41. The molecule has 0 aliphatic carbocycles. The van der Waals surface area contributed by atoms with E-state index in [1.807, 2.05) is 27.7 Å². The van der Waals surface area contributed by atoms with Crippen LogP contribution < -0.4 is 5.59 Å². The Labute approximate surface area is 94.9 Å². The molecule has 82 valence electrons. The van der Waals surface area contributed by atoms with Crippen LogP contribution in [0.4, 0.5) is 0 Å². The molecule has 0 saturated carbocycles. The largest absolute Gasteiger partial charge is 0.514 e. The predicted molar refractivity (Wildman–Crippen MR) is 58.9 cm³/mol. The molecule has 0 unspecified atom stereocenters. The molecule has 0 N–H and O–H groups in total. The van der Waals surface area contributed by atoms with E-state index in [4.69, 9.17) is 13.4 Å². The molecular weight excluding hydrogens is 195 g/mol. The van der Waals surface area contributed by atoms with Gasteiger partial charge < -0.3 is 9.31 Å². The maximum absolute atomic E-state index is 7.41. The lowest BCUT2D eigenvalue weighted by Gasteiger charge is -2.32. The Morgan fingerprint density at radius 3 is 2.47 bits per heavy atom. The number of aryl methyl sites for hydroxylation is 1. The van der Waals surface area contributed by atoms with Crippen LogP contribution in [0.3, 0.4) is 0 Å². The molecule has 0 spiro atoms. The average Bonchev–Trinajstić information content (AvgIpc) is 2.68. The summed E-state index contributed by atoms with van der Waals surface area (Å²) in [6.07, 6.45) is 1.44. The Hall–Kier alpha value is -0.805. The maximum Gasteiger partial charge on any atom is 0.514 e. The molecule has 4 nitrogen and oxygen atoms in total. The standard InChI is InChI=1S/C10H17BN2O2/c1-9(2)10(3,4)15-11(14-9)8-6-7-12-13(8)5/h6-7H,1-5H3/i5+1D3,6+1,7+1,8+1. The first kappa shape index (κ1) is 7.47. The topological polar surface area (TPSA) is 36.3 Å². The van der Waals surface area contributed by atoms with Gasteiger partial charge in [0, 0.05) is 17.3 Å². The fourth-order valence-corrected chi connectivity index (χ4v) is 1.46. The number of hydrogen-bond acceptors (Lipinski definition) is 3. The Bertz CT molecular complexity index is 440. The number of aromatic nitrogens is 2. The van der Waals surface area contributed by atoms with Crippen LogP contribution in [0.5, 0.6) is 0 Å². The molecule has 0 amide bonds. The summed E-state index contributed by atoms with van der Waals surface area (Å²) in [7, 11) is -0.710. The molecule has 0 atom stereocenters. The van der Waals surface area contributed by atoms with Crippen molar-refractivity contribution in [2.24, 2.45) is 6.98 Å². The summed E-state index contributed by atoms with van der Waals surface area (Å²) in [4.78, 5) is 0. The van der Waals surface area contributed by atoms with Gasteiger partial charge in [-0.1, -0.05) is 0 Å². The zero-order chi connectivity index (χ0) is 13.8. The molecule has 0 bridgehead atoms. The highest BCUT2D eigenvalue weighted by Gasteiger charge is 2.52. The van der Waals surface area contributed by atoms with Crippen molar-refractivity contribution < 1.29 is 13.4 Å². The number of hydrogen-bond donors (Lipinski definition) is 0. The second-order valence-corrected chi connectivity index (χ2v) is 4.76. The van der Waals surface area contributed by atoms with Crippen LogP contribution in [0.15, 0.2) is 12.3 Å². The zero-order valence-electron chi connectivity index (χ0n) is 12.4. The highest BCUT2D eigenvalue weighted by atomic mass is 16.7. The van der Waals surface area contributed by atoms with Gasteiger partial charge in [0.15, 0.2) is 0 Å². The summed E-state index contributed by atoms with van der Waals surface area (Å²) in [5.41, 5.74) is -0.586. The molecule has 15 heavy (non-hydrogen) atoms. The quantitative estimate of drug-likeness (QED) is 0.511. The van der Waals surface area contributed by atoms with Crippen molar-refractivity contribution in [2.45, 2.75) is 38.9 Å². The van der Waals surface area contributed by atoms with Gasteiger partial charge >= 0.3 is 7.12 Å². The van der Waals surface area contributed by atoms with Crippen LogP contribution in [0, 0.1) is 0 Å². The zero-order valence-corrected chi connectivity index (χ0v) is 9.44. The maximum atomic E-state index is 7.41. The first-order chi connectivity index (χ1) is 8.05. The highest BCUT2D eigenvalue weighted by Crippen LogP contribution is 2.36. The first-order valence-corrected chi connectivity index (χ1v) is 4.95. The van der Waals surface area contributed by atoms with Crippen LogP contribution in [-0.2, 0) is 16.3 Å². The molecule has 2 heterocycles. The Balaban J connectivity index is 2.34. The normalized spacial score (nSPS) is 27.2. The molecule has 1 aliphatic rings. The Morgan fingerprint density at radius 2 is 1.93 bits per heavy atom. The molecule has 1 aromatic heterocycles. The Morgan fingerprint density at radius 1 is 1.33 bits per heavy atom. The summed E-state index contributed by atoms with van der Waals surface area (Å²) in [6, 6.07) is 1.61. The molecule has 1 aliphatic heterocycles. The molecule has 0 radical (unpaired) electrons. The molecule has 1 fully saturated rings. The number of rotatable bonds is 1. The summed E-state index contributed by atoms with van der Waals surface area (Å²) < 4.78 is 34.8. The smallest absolute Gasteiger partial charge is 0.398 e. The van der Waals surface area contributed by atoms with Gasteiger partial charge in [0.05, 0.1) is 16.8 Å². The van der Waals surface area contributed by atoms with Crippen molar-refractivity contribution in [3.05, 3.63) is 12.3 Å². The first-order valence-electron chi connectivity index (χ1n) is 6.45. The summed E-state index contributed by atoms with van der Waals surface area (Å²) in [5.74, 6) is 0. The van der Waals surface area contributed by atoms with Crippen LogP contribution >= 0.6 is 0 Å². The van der Waals surface area contributed by atoms with Gasteiger partial charge in [-0.15, -0.1) is 0 Å². The monoisotopic (exact) mass is 215 g/mol. The van der Waals surface area contributed by atoms with Crippen LogP contribution in [0.1, 0.15) is 31.8 Å². The number of nitrogens with zero attached hydrogens (tertiary/aromatic N) is 2. The van der Waals surface area contributed by atoms with Crippen molar-refractivity contribution in [3.63, 3.8) is 0 Å². The third-order valence-corrected chi connectivity index (χ3v) is 3.17. The van der Waals surface area contributed by atoms with Gasteiger partial charge in [-0.25, -0.2) is 0 Å². The van der Waals surface area contributed by atoms with Gasteiger partial charge in [0.25, 0.3) is 0 Å². The van der Waals surface area contributed by atoms with E-state index in [0.717, 1.165) is 4.68 Å². The van der Waals surface area contributed by atoms with E-state index in [1.54, 1.807) is 6.07 Å². The van der Waals surface area contributed by atoms with Gasteiger partial charge in [0.1, 0.15) is 0 Å². The van der Waals surface area contributed by atoms with Crippen molar-refractivity contribution in [2.75, 3.05) is 0 Å². The van der Waals surface area contributed by atoms with E-state index in [1.165, 1.54) is 6.20 Å². The van der Waals surface area contributed by atoms with E-state index >= 15 is 0 Å². The fraction of sp³-hybridized carbons (Fsp3) is 0.700. The summed E-state index contributed by atoms with van der Waals surface area (Å²) >= 11 is 0. The second kappa shape index (κ2) is 3.09. The minimum atomic E-state index is -2.33. The van der Waals surface area contributed by atoms with Crippen molar-refractivity contribution in [1.82, 2.24) is 9.78 Å². The van der Waals surface area contributed by atoms with Crippen molar-refractivity contribution in [3.8, 4) is 0 Å². The van der Waals surface area contributed by atoms with Gasteiger partial charge in [0.2, 0.25) is 0 Å². The molecule has 1 aromatic rings. The fourth-order valence-electron chi connectivity index (χ4n) is 1.46. The SMILES string of the molecule is [2H][13C]([2H])([2H])n1n[13cH][13cH][13c]1B1OC(C)(C)C(C)(C)O1. The van der Waals surface area contributed by atoms with Gasteiger partial charge in [-0.05, 0) is 33.8 Å². The van der Waals surface area contributed by atoms with Crippen LogP contribution in [0.2, 0.25) is 0 Å². The lowest BCUT2D eigenvalue weighted by molar-refractivity contribution is 0.00578. The molecular formula is C10H17BN2O2. The van der Waals surface area contributed by atoms with Crippen LogP contribution in [-0.4, -0.2) is 28.1 Å². The average molecular weight is 215 g/mol. The molecule has 5 heteroatoms. The van der Waals surface area contributed by atoms with Crippen molar-refractivity contribution in [1.29, 1.82) is 0 Å². The highest BCUT2D eigenvalue weighted by molar-refractivity contribution is 6.61. The molecule has 0 aromatic carbocycles. The van der Waals surface area contributed by atoms with Gasteiger partial charge in [-0.3, -0.25) is 4.68 Å². The van der Waals surface area contributed by atoms with E-state index in [9.17, 15) is 0 Å². The van der Waals surface area contributed by atoms with Gasteiger partial charge in [-0.2, -0.15) is 5.10 Å². The third-order valence-electron chi connectivity index (χ3n) is 3.17. The minimum Gasteiger partial charge on any atom is -0.398 e. The molecule has 2 rings (SSSR count). The second-order valence-electron chi connectivity index (χ2n) is 4.76. The van der Waals surface area contributed by atoms with E-state index in [-0.39, 0.29) is 0 Å². The predicted octanol–water partition coefficient (Wildman–Crippen LogP) is 0.719. The van der Waals surface area contributed by atoms with E-state index < -0.39 is 25.3 Å². The van der Waals surface area contributed by atoms with E-state index in [2.05, 4.69) is 5.10 Å². The minimum absolute atomic E-state index is 0.411. The Kier molecular flexibility index (Phi) is 1.54. The van der Waals surface area contributed by atoms with Crippen LogP contribution in [0.25, 0.3) is 0 Å². The summed E-state index contributed by atoms with van der Waals surface area (Å²) in [6.45, 7) is 5.35. The van der Waals surface area contributed by atoms with E-state index in [0.29, 0.717) is 5.59 Å². The summed E-state index contributed by atoms with van der Waals surface area (Å²) in [5, 5.41) is 3.82. The molecule has 1 saturated heterocycles.